The zero-order valence-electron chi connectivity index (χ0n) is 15.5. The van der Waals surface area contributed by atoms with Crippen LogP contribution in [0, 0.1) is 5.92 Å². The number of aliphatic hydroxyl groups is 1. The monoisotopic (exact) mass is 381 g/mol. The molecule has 2 amide bonds. The van der Waals surface area contributed by atoms with E-state index in [9.17, 15) is 14.7 Å². The van der Waals surface area contributed by atoms with Gasteiger partial charge in [0.15, 0.2) is 0 Å². The lowest BCUT2D eigenvalue weighted by Gasteiger charge is -2.38. The molecule has 146 valence electrons. The summed E-state index contributed by atoms with van der Waals surface area (Å²) >= 11 is 0. The van der Waals surface area contributed by atoms with E-state index in [-0.39, 0.29) is 30.9 Å². The summed E-state index contributed by atoms with van der Waals surface area (Å²) in [5.41, 5.74) is 2.32. The van der Waals surface area contributed by atoms with Crippen LogP contribution in [0.15, 0.2) is 48.8 Å². The first kappa shape index (κ1) is 18.6. The van der Waals surface area contributed by atoms with Crippen LogP contribution < -0.4 is 5.32 Å². The third-order valence-corrected chi connectivity index (χ3v) is 5.17. The molecule has 0 unspecified atom stereocenters. The van der Waals surface area contributed by atoms with Crippen molar-refractivity contribution >= 4 is 17.5 Å². The van der Waals surface area contributed by atoms with Crippen LogP contribution in [-0.4, -0.2) is 46.1 Å². The molecule has 7 heteroatoms. The summed E-state index contributed by atoms with van der Waals surface area (Å²) in [4.78, 5) is 29.9. The van der Waals surface area contributed by atoms with Gasteiger partial charge in [0.25, 0.3) is 0 Å². The average Bonchev–Trinajstić information content (AvgIpc) is 3.56. The number of hydrogen-bond donors (Lipinski definition) is 2. The molecule has 0 radical (unpaired) electrons. The quantitative estimate of drug-likeness (QED) is 0.797. The Hall–Kier alpha value is -2.77. The van der Waals surface area contributed by atoms with Gasteiger partial charge in [-0.3, -0.25) is 14.6 Å². The van der Waals surface area contributed by atoms with Crippen LogP contribution in [0.2, 0.25) is 0 Å². The van der Waals surface area contributed by atoms with Crippen LogP contribution in [0.3, 0.4) is 0 Å². The molecule has 2 aliphatic rings. The maximum atomic E-state index is 12.4. The van der Waals surface area contributed by atoms with Crippen molar-refractivity contribution in [3.05, 3.63) is 59.9 Å². The van der Waals surface area contributed by atoms with Gasteiger partial charge >= 0.3 is 0 Å². The van der Waals surface area contributed by atoms with Crippen molar-refractivity contribution in [3.8, 4) is 0 Å². The molecule has 2 heterocycles. The standard InChI is InChI=1S/C21H23N3O4/c25-19-13-28-12-18(24(19)11-14-7-9-22-10-8-14)20(26)15-3-5-17(6-4-15)23-21(27)16-1-2-16/h3-10,16,18,20,26H,1-2,11-13H2,(H,23,27)/t18-,20-/m1/s1. The Kier molecular flexibility index (Phi) is 5.36. The van der Waals surface area contributed by atoms with Crippen molar-refractivity contribution < 1.29 is 19.4 Å². The average molecular weight is 381 g/mol. The highest BCUT2D eigenvalue weighted by Gasteiger charge is 2.35. The molecule has 1 saturated heterocycles. The summed E-state index contributed by atoms with van der Waals surface area (Å²) in [7, 11) is 0. The molecule has 1 aromatic heterocycles. The second kappa shape index (κ2) is 8.08. The lowest BCUT2D eigenvalue weighted by atomic mass is 9.99. The number of amides is 2. The molecule has 1 aliphatic carbocycles. The van der Waals surface area contributed by atoms with Crippen molar-refractivity contribution in [1.29, 1.82) is 0 Å². The van der Waals surface area contributed by atoms with E-state index < -0.39 is 12.1 Å². The number of carbonyl (C=O) groups excluding carboxylic acids is 2. The van der Waals surface area contributed by atoms with E-state index in [1.165, 1.54) is 0 Å². The molecule has 0 spiro atoms. The first-order chi connectivity index (χ1) is 13.6. The van der Waals surface area contributed by atoms with Gasteiger partial charge in [-0.05, 0) is 48.2 Å². The Labute approximate surface area is 163 Å². The number of anilines is 1. The van der Waals surface area contributed by atoms with Gasteiger partial charge in [0.1, 0.15) is 12.7 Å². The molecule has 2 fully saturated rings. The molecule has 1 aromatic carbocycles. The van der Waals surface area contributed by atoms with Crippen LogP contribution in [-0.2, 0) is 20.9 Å². The van der Waals surface area contributed by atoms with Gasteiger partial charge in [0.2, 0.25) is 11.8 Å². The number of benzene rings is 1. The van der Waals surface area contributed by atoms with Crippen LogP contribution >= 0.6 is 0 Å². The van der Waals surface area contributed by atoms with Gasteiger partial charge in [0.05, 0.1) is 12.6 Å². The predicted octanol–water partition coefficient (Wildman–Crippen LogP) is 1.89. The minimum absolute atomic E-state index is 0.0143. The molecule has 1 aliphatic heterocycles. The normalized spacial score (nSPS) is 20.7. The van der Waals surface area contributed by atoms with E-state index >= 15 is 0 Å². The number of nitrogens with zero attached hydrogens (tertiary/aromatic N) is 2. The summed E-state index contributed by atoms with van der Waals surface area (Å²) in [5.74, 6) is 0.0287. The number of morpholine rings is 1. The lowest BCUT2D eigenvalue weighted by Crippen LogP contribution is -2.51. The van der Waals surface area contributed by atoms with Gasteiger partial charge in [-0.15, -0.1) is 0 Å². The highest BCUT2D eigenvalue weighted by molar-refractivity contribution is 5.94. The molecule has 2 atom stereocenters. The summed E-state index contributed by atoms with van der Waals surface area (Å²) in [6.45, 7) is 0.667. The number of aliphatic hydroxyl groups excluding tert-OH is 1. The zero-order chi connectivity index (χ0) is 19.5. The van der Waals surface area contributed by atoms with Crippen molar-refractivity contribution in [2.45, 2.75) is 31.5 Å². The maximum Gasteiger partial charge on any atom is 0.249 e. The summed E-state index contributed by atoms with van der Waals surface area (Å²) in [6, 6.07) is 10.3. The van der Waals surface area contributed by atoms with E-state index in [4.69, 9.17) is 4.74 Å². The zero-order valence-corrected chi connectivity index (χ0v) is 15.5. The number of pyridine rings is 1. The van der Waals surface area contributed by atoms with E-state index in [0.29, 0.717) is 17.8 Å². The molecule has 28 heavy (non-hydrogen) atoms. The SMILES string of the molecule is O=C(Nc1ccc([C@@H](O)[C@H]2COCC(=O)N2Cc2ccncc2)cc1)C1CC1. The first-order valence-corrected chi connectivity index (χ1v) is 9.47. The van der Waals surface area contributed by atoms with Gasteiger partial charge in [-0.25, -0.2) is 0 Å². The third kappa shape index (κ3) is 4.21. The highest BCUT2D eigenvalue weighted by atomic mass is 16.5. The number of hydrogen-bond acceptors (Lipinski definition) is 5. The van der Waals surface area contributed by atoms with E-state index in [1.54, 1.807) is 41.6 Å². The highest BCUT2D eigenvalue weighted by Crippen LogP contribution is 2.31. The van der Waals surface area contributed by atoms with E-state index in [0.717, 1.165) is 18.4 Å². The Morgan fingerprint density at radius 2 is 1.93 bits per heavy atom. The fourth-order valence-corrected chi connectivity index (χ4v) is 3.35. The second-order valence-corrected chi connectivity index (χ2v) is 7.29. The Morgan fingerprint density at radius 1 is 1.21 bits per heavy atom. The Bertz CT molecular complexity index is 836. The first-order valence-electron chi connectivity index (χ1n) is 9.47. The third-order valence-electron chi connectivity index (χ3n) is 5.17. The number of aromatic nitrogens is 1. The van der Waals surface area contributed by atoms with Crippen molar-refractivity contribution in [3.63, 3.8) is 0 Å². The summed E-state index contributed by atoms with van der Waals surface area (Å²) in [5, 5.41) is 13.8. The van der Waals surface area contributed by atoms with E-state index in [1.807, 2.05) is 12.1 Å². The number of rotatable bonds is 6. The number of carbonyl (C=O) groups is 2. The van der Waals surface area contributed by atoms with Gasteiger partial charge in [-0.1, -0.05) is 12.1 Å². The fraction of sp³-hybridized carbons (Fsp3) is 0.381. The van der Waals surface area contributed by atoms with Crippen LogP contribution in [0.4, 0.5) is 5.69 Å². The molecular formula is C21H23N3O4. The van der Waals surface area contributed by atoms with Gasteiger partial charge in [0, 0.05) is 30.5 Å². The molecule has 7 nitrogen and oxygen atoms in total. The van der Waals surface area contributed by atoms with Crippen molar-refractivity contribution in [1.82, 2.24) is 9.88 Å². The van der Waals surface area contributed by atoms with E-state index in [2.05, 4.69) is 10.3 Å². The van der Waals surface area contributed by atoms with Crippen LogP contribution in [0.1, 0.15) is 30.1 Å². The van der Waals surface area contributed by atoms with Crippen LogP contribution in [0.5, 0.6) is 0 Å². The molecule has 1 saturated carbocycles. The van der Waals surface area contributed by atoms with Crippen LogP contribution in [0.25, 0.3) is 0 Å². The predicted molar refractivity (Wildman–Crippen MR) is 102 cm³/mol. The molecule has 2 N–H and O–H groups in total. The Morgan fingerprint density at radius 3 is 2.61 bits per heavy atom. The van der Waals surface area contributed by atoms with Gasteiger partial charge in [-0.2, -0.15) is 0 Å². The minimum Gasteiger partial charge on any atom is -0.386 e. The fourth-order valence-electron chi connectivity index (χ4n) is 3.35. The smallest absolute Gasteiger partial charge is 0.249 e. The lowest BCUT2D eigenvalue weighted by molar-refractivity contribution is -0.155. The van der Waals surface area contributed by atoms with Gasteiger partial charge < -0.3 is 20.1 Å². The number of nitrogens with one attached hydrogen (secondary N) is 1. The number of ether oxygens (including phenoxy) is 1. The molecule has 0 bridgehead atoms. The molecular weight excluding hydrogens is 358 g/mol. The Balaban J connectivity index is 1.47. The van der Waals surface area contributed by atoms with Crippen molar-refractivity contribution in [2.24, 2.45) is 5.92 Å². The molecule has 4 rings (SSSR count). The summed E-state index contributed by atoms with van der Waals surface area (Å²) in [6.07, 6.45) is 4.37. The second-order valence-electron chi connectivity index (χ2n) is 7.29. The maximum absolute atomic E-state index is 12.4. The topological polar surface area (TPSA) is 91.8 Å². The largest absolute Gasteiger partial charge is 0.386 e. The molecule has 2 aromatic rings. The van der Waals surface area contributed by atoms with Crippen molar-refractivity contribution in [2.75, 3.05) is 18.5 Å². The summed E-state index contributed by atoms with van der Waals surface area (Å²) < 4.78 is 5.39. The minimum atomic E-state index is -0.890.